The summed E-state index contributed by atoms with van der Waals surface area (Å²) >= 11 is 3.55. The molecule has 1 atom stereocenters. The van der Waals surface area contributed by atoms with E-state index in [4.69, 9.17) is 10.5 Å². The minimum absolute atomic E-state index is 0.354. The number of hydrogen-bond donors (Lipinski definition) is 2. The van der Waals surface area contributed by atoms with Crippen LogP contribution in [0.5, 0.6) is 5.75 Å². The van der Waals surface area contributed by atoms with Crippen molar-refractivity contribution in [2.45, 2.75) is 25.8 Å². The highest BCUT2D eigenvalue weighted by Crippen LogP contribution is 2.36. The summed E-state index contributed by atoms with van der Waals surface area (Å²) < 4.78 is 6.96. The van der Waals surface area contributed by atoms with Crippen molar-refractivity contribution in [2.24, 2.45) is 5.73 Å². The van der Waals surface area contributed by atoms with Crippen molar-refractivity contribution in [1.29, 1.82) is 0 Å². The van der Waals surface area contributed by atoms with E-state index in [1.807, 2.05) is 0 Å². The average molecular weight is 299 g/mol. The SMILES string of the molecule is Cc1cc(Br)cc2c1OCCCC2NCCN. The summed E-state index contributed by atoms with van der Waals surface area (Å²) in [6.07, 6.45) is 2.18. The van der Waals surface area contributed by atoms with E-state index in [0.29, 0.717) is 12.6 Å². The van der Waals surface area contributed by atoms with Gasteiger partial charge in [0.2, 0.25) is 0 Å². The normalized spacial score (nSPS) is 19.4. The van der Waals surface area contributed by atoms with Crippen molar-refractivity contribution < 1.29 is 4.74 Å². The molecule has 1 aromatic carbocycles. The van der Waals surface area contributed by atoms with Crippen molar-refractivity contribution >= 4 is 15.9 Å². The summed E-state index contributed by atoms with van der Waals surface area (Å²) in [6.45, 7) is 4.40. The molecule has 0 fully saturated rings. The first kappa shape index (κ1) is 12.9. The van der Waals surface area contributed by atoms with Gasteiger partial charge in [0.25, 0.3) is 0 Å². The molecule has 0 spiro atoms. The first-order valence-electron chi connectivity index (χ1n) is 6.08. The van der Waals surface area contributed by atoms with Crippen molar-refractivity contribution in [3.63, 3.8) is 0 Å². The van der Waals surface area contributed by atoms with E-state index in [-0.39, 0.29) is 0 Å². The highest BCUT2D eigenvalue weighted by Gasteiger charge is 2.21. The lowest BCUT2D eigenvalue weighted by Gasteiger charge is -2.19. The zero-order valence-corrected chi connectivity index (χ0v) is 11.7. The highest BCUT2D eigenvalue weighted by atomic mass is 79.9. The molecule has 1 aliphatic heterocycles. The number of halogens is 1. The Morgan fingerprint density at radius 1 is 1.53 bits per heavy atom. The lowest BCUT2D eigenvalue weighted by molar-refractivity contribution is 0.313. The standard InChI is InChI=1S/C13H19BrN2O/c1-9-7-10(14)8-11-12(16-5-4-15)3-2-6-17-13(9)11/h7-8,12,16H,2-6,15H2,1H3. The highest BCUT2D eigenvalue weighted by molar-refractivity contribution is 9.10. The summed E-state index contributed by atoms with van der Waals surface area (Å²) in [5, 5.41) is 3.50. The second-order valence-electron chi connectivity index (χ2n) is 4.43. The fourth-order valence-electron chi connectivity index (χ4n) is 2.30. The summed E-state index contributed by atoms with van der Waals surface area (Å²) in [4.78, 5) is 0. The minimum Gasteiger partial charge on any atom is -0.493 e. The van der Waals surface area contributed by atoms with Crippen LogP contribution in [0.25, 0.3) is 0 Å². The molecule has 0 aliphatic carbocycles. The summed E-state index contributed by atoms with van der Waals surface area (Å²) in [7, 11) is 0. The Labute approximate surface area is 111 Å². The van der Waals surface area contributed by atoms with Crippen molar-refractivity contribution in [3.8, 4) is 5.75 Å². The van der Waals surface area contributed by atoms with Gasteiger partial charge in [-0.3, -0.25) is 0 Å². The molecule has 0 saturated carbocycles. The van der Waals surface area contributed by atoms with E-state index in [1.165, 1.54) is 11.1 Å². The Morgan fingerprint density at radius 2 is 2.35 bits per heavy atom. The van der Waals surface area contributed by atoms with Gasteiger partial charge in [-0.1, -0.05) is 15.9 Å². The number of nitrogens with one attached hydrogen (secondary N) is 1. The number of rotatable bonds is 3. The van der Waals surface area contributed by atoms with E-state index in [9.17, 15) is 0 Å². The first-order valence-corrected chi connectivity index (χ1v) is 6.88. The third-order valence-corrected chi connectivity index (χ3v) is 3.52. The van der Waals surface area contributed by atoms with Gasteiger partial charge in [0.1, 0.15) is 5.75 Å². The van der Waals surface area contributed by atoms with Crippen LogP contribution in [0.3, 0.4) is 0 Å². The maximum absolute atomic E-state index is 5.85. The second-order valence-corrected chi connectivity index (χ2v) is 5.34. The minimum atomic E-state index is 0.354. The zero-order chi connectivity index (χ0) is 12.3. The number of fused-ring (bicyclic) bond motifs is 1. The molecule has 1 unspecified atom stereocenters. The van der Waals surface area contributed by atoms with Crippen LogP contribution in [0.15, 0.2) is 16.6 Å². The predicted octanol–water partition coefficient (Wildman–Crippen LogP) is 2.52. The lowest BCUT2D eigenvalue weighted by atomic mass is 10.00. The van der Waals surface area contributed by atoms with Crippen LogP contribution >= 0.6 is 15.9 Å². The van der Waals surface area contributed by atoms with Gasteiger partial charge in [-0.15, -0.1) is 0 Å². The summed E-state index contributed by atoms with van der Waals surface area (Å²) in [5.41, 5.74) is 8.00. The van der Waals surface area contributed by atoms with E-state index >= 15 is 0 Å². The van der Waals surface area contributed by atoms with Crippen molar-refractivity contribution in [3.05, 3.63) is 27.7 Å². The smallest absolute Gasteiger partial charge is 0.127 e. The molecule has 1 aliphatic rings. The Morgan fingerprint density at radius 3 is 3.12 bits per heavy atom. The van der Waals surface area contributed by atoms with Crippen LogP contribution in [0.2, 0.25) is 0 Å². The first-order chi connectivity index (χ1) is 8.22. The molecule has 1 heterocycles. The lowest BCUT2D eigenvalue weighted by Crippen LogP contribution is -2.27. The van der Waals surface area contributed by atoms with Crippen LogP contribution in [0.4, 0.5) is 0 Å². The quantitative estimate of drug-likeness (QED) is 0.901. The molecule has 94 valence electrons. The monoisotopic (exact) mass is 298 g/mol. The molecule has 0 amide bonds. The van der Waals surface area contributed by atoms with Crippen LogP contribution in [0, 0.1) is 6.92 Å². The number of aryl methyl sites for hydroxylation is 1. The maximum Gasteiger partial charge on any atom is 0.127 e. The molecule has 1 aromatic rings. The summed E-state index contributed by atoms with van der Waals surface area (Å²) in [6, 6.07) is 4.61. The third-order valence-electron chi connectivity index (χ3n) is 3.06. The largest absolute Gasteiger partial charge is 0.493 e. The summed E-state index contributed by atoms with van der Waals surface area (Å²) in [5.74, 6) is 1.04. The molecule has 0 aromatic heterocycles. The maximum atomic E-state index is 5.85. The molecular formula is C13H19BrN2O. The van der Waals surface area contributed by atoms with Gasteiger partial charge < -0.3 is 15.8 Å². The number of hydrogen-bond acceptors (Lipinski definition) is 3. The van der Waals surface area contributed by atoms with Gasteiger partial charge in [0, 0.05) is 29.2 Å². The van der Waals surface area contributed by atoms with Gasteiger partial charge in [0.05, 0.1) is 6.61 Å². The number of nitrogens with two attached hydrogens (primary N) is 1. The van der Waals surface area contributed by atoms with Crippen LogP contribution in [-0.2, 0) is 0 Å². The van der Waals surface area contributed by atoms with Crippen molar-refractivity contribution in [1.82, 2.24) is 5.32 Å². The third kappa shape index (κ3) is 3.00. The fraction of sp³-hybridized carbons (Fsp3) is 0.538. The molecule has 4 heteroatoms. The number of benzene rings is 1. The zero-order valence-electron chi connectivity index (χ0n) is 10.1. The Hall–Kier alpha value is -0.580. The number of ether oxygens (including phenoxy) is 1. The van der Waals surface area contributed by atoms with Gasteiger partial charge >= 0.3 is 0 Å². The second kappa shape index (κ2) is 5.85. The average Bonchev–Trinajstić information content (AvgIpc) is 2.49. The van der Waals surface area contributed by atoms with Gasteiger partial charge in [0.15, 0.2) is 0 Å². The fourth-order valence-corrected chi connectivity index (χ4v) is 2.89. The van der Waals surface area contributed by atoms with Gasteiger partial charge in [-0.25, -0.2) is 0 Å². The molecule has 0 bridgehead atoms. The van der Waals surface area contributed by atoms with E-state index < -0.39 is 0 Å². The Bertz CT molecular complexity index is 395. The topological polar surface area (TPSA) is 47.3 Å². The van der Waals surface area contributed by atoms with Gasteiger partial charge in [-0.05, 0) is 37.5 Å². The molecule has 3 nitrogen and oxygen atoms in total. The van der Waals surface area contributed by atoms with Crippen molar-refractivity contribution in [2.75, 3.05) is 19.7 Å². The van der Waals surface area contributed by atoms with E-state index in [2.05, 4.69) is 40.3 Å². The molecule has 0 saturated heterocycles. The Kier molecular flexibility index (Phi) is 4.42. The molecular weight excluding hydrogens is 280 g/mol. The van der Waals surface area contributed by atoms with Crippen LogP contribution in [-0.4, -0.2) is 19.7 Å². The Balaban J connectivity index is 2.33. The van der Waals surface area contributed by atoms with E-state index in [0.717, 1.165) is 36.2 Å². The molecule has 2 rings (SSSR count). The van der Waals surface area contributed by atoms with Crippen LogP contribution < -0.4 is 15.8 Å². The van der Waals surface area contributed by atoms with Gasteiger partial charge in [-0.2, -0.15) is 0 Å². The van der Waals surface area contributed by atoms with E-state index in [1.54, 1.807) is 0 Å². The molecule has 0 radical (unpaired) electrons. The van der Waals surface area contributed by atoms with Crippen LogP contribution in [0.1, 0.15) is 30.0 Å². The predicted molar refractivity (Wildman–Crippen MR) is 73.4 cm³/mol. The molecule has 17 heavy (non-hydrogen) atoms. The molecule has 3 N–H and O–H groups in total.